The van der Waals surface area contributed by atoms with Crippen molar-refractivity contribution < 1.29 is 14.3 Å². The highest BCUT2D eigenvalue weighted by molar-refractivity contribution is 5.83. The van der Waals surface area contributed by atoms with Crippen LogP contribution in [0.25, 0.3) is 0 Å². The fourth-order valence-electron chi connectivity index (χ4n) is 1.82. The van der Waals surface area contributed by atoms with Crippen molar-refractivity contribution in [1.82, 2.24) is 10.2 Å². The molecule has 0 aliphatic carbocycles. The third-order valence-electron chi connectivity index (χ3n) is 2.84. The third-order valence-corrected chi connectivity index (χ3v) is 2.84. The monoisotopic (exact) mass is 242 g/mol. The van der Waals surface area contributed by atoms with E-state index in [0.717, 1.165) is 32.1 Å². The van der Waals surface area contributed by atoms with Gasteiger partial charge in [-0.3, -0.25) is 0 Å². The number of ether oxygens (including phenoxy) is 1. The van der Waals surface area contributed by atoms with Gasteiger partial charge in [0.25, 0.3) is 0 Å². The Labute approximate surface area is 102 Å². The molecule has 1 aliphatic heterocycles. The number of rotatable bonds is 5. The van der Waals surface area contributed by atoms with Crippen LogP contribution in [0.1, 0.15) is 45.4 Å². The lowest BCUT2D eigenvalue weighted by molar-refractivity contribution is 0.124. The normalized spacial score (nSPS) is 14.8. The lowest BCUT2D eigenvalue weighted by atomic mass is 10.2. The van der Waals surface area contributed by atoms with Crippen molar-refractivity contribution in [2.24, 2.45) is 0 Å². The van der Waals surface area contributed by atoms with Gasteiger partial charge in [0.05, 0.1) is 0 Å². The topological polar surface area (TPSA) is 58.6 Å². The number of nitrogens with one attached hydrogen (secondary N) is 1. The first-order valence-corrected chi connectivity index (χ1v) is 6.48. The number of carbonyl (C=O) groups is 2. The highest BCUT2D eigenvalue weighted by atomic mass is 16.6. The van der Waals surface area contributed by atoms with Crippen LogP contribution in [0.3, 0.4) is 0 Å². The number of nitrogens with zero attached hydrogens (tertiary/aromatic N) is 1. The minimum atomic E-state index is -0.626. The molecule has 1 N–H and O–H groups in total. The van der Waals surface area contributed by atoms with E-state index < -0.39 is 12.2 Å². The fraction of sp³-hybridized carbons (Fsp3) is 0.833. The minimum absolute atomic E-state index is 0.520. The van der Waals surface area contributed by atoms with Gasteiger partial charge in [-0.15, -0.1) is 0 Å². The molecule has 1 fully saturated rings. The maximum Gasteiger partial charge on any atom is 0.418 e. The molecular formula is C12H22N2O3. The molecular weight excluding hydrogens is 220 g/mol. The molecule has 0 atom stereocenters. The van der Waals surface area contributed by atoms with Crippen molar-refractivity contribution in [3.63, 3.8) is 0 Å². The van der Waals surface area contributed by atoms with E-state index in [4.69, 9.17) is 0 Å². The zero-order valence-electron chi connectivity index (χ0n) is 10.5. The van der Waals surface area contributed by atoms with Gasteiger partial charge in [0.1, 0.15) is 0 Å². The Morgan fingerprint density at radius 2 is 1.88 bits per heavy atom. The summed E-state index contributed by atoms with van der Waals surface area (Å²) in [4.78, 5) is 24.3. The first-order chi connectivity index (χ1) is 8.24. The molecule has 5 heteroatoms. The smallest absolute Gasteiger partial charge is 0.359 e. The van der Waals surface area contributed by atoms with Crippen LogP contribution < -0.4 is 5.32 Å². The molecule has 2 amide bonds. The van der Waals surface area contributed by atoms with Crippen molar-refractivity contribution in [3.05, 3.63) is 0 Å². The van der Waals surface area contributed by atoms with Crippen molar-refractivity contribution >= 4 is 12.2 Å². The molecule has 17 heavy (non-hydrogen) atoms. The molecule has 1 saturated heterocycles. The summed E-state index contributed by atoms with van der Waals surface area (Å²) in [5.41, 5.74) is 0. The molecule has 0 saturated carbocycles. The van der Waals surface area contributed by atoms with Gasteiger partial charge in [-0.1, -0.05) is 26.2 Å². The van der Waals surface area contributed by atoms with Crippen LogP contribution in [0.4, 0.5) is 9.59 Å². The second kappa shape index (κ2) is 7.92. The van der Waals surface area contributed by atoms with Gasteiger partial charge in [0, 0.05) is 19.6 Å². The second-order valence-electron chi connectivity index (χ2n) is 4.34. The van der Waals surface area contributed by atoms with Gasteiger partial charge < -0.3 is 15.0 Å². The van der Waals surface area contributed by atoms with E-state index in [1.807, 2.05) is 0 Å². The summed E-state index contributed by atoms with van der Waals surface area (Å²) in [6.45, 7) is 4.10. The number of amides is 2. The number of alkyl carbamates (subject to hydrolysis) is 1. The van der Waals surface area contributed by atoms with Crippen LogP contribution in [-0.4, -0.2) is 36.7 Å². The zero-order valence-corrected chi connectivity index (χ0v) is 10.5. The first-order valence-electron chi connectivity index (χ1n) is 6.48. The summed E-state index contributed by atoms with van der Waals surface area (Å²) in [6, 6.07) is 0. The highest BCUT2D eigenvalue weighted by Crippen LogP contribution is 2.08. The average molecular weight is 242 g/mol. The summed E-state index contributed by atoms with van der Waals surface area (Å²) >= 11 is 0. The summed E-state index contributed by atoms with van der Waals surface area (Å²) in [7, 11) is 0. The Kier molecular flexibility index (Phi) is 6.43. The van der Waals surface area contributed by atoms with Crippen LogP contribution >= 0.6 is 0 Å². The van der Waals surface area contributed by atoms with E-state index in [9.17, 15) is 9.59 Å². The van der Waals surface area contributed by atoms with Crippen molar-refractivity contribution in [2.75, 3.05) is 19.6 Å². The Morgan fingerprint density at radius 1 is 1.18 bits per heavy atom. The molecule has 0 aromatic carbocycles. The number of carbonyl (C=O) groups excluding carboxylic acids is 2. The molecule has 5 nitrogen and oxygen atoms in total. The quantitative estimate of drug-likeness (QED) is 0.595. The minimum Gasteiger partial charge on any atom is -0.359 e. The largest absolute Gasteiger partial charge is 0.418 e. The van der Waals surface area contributed by atoms with Crippen molar-refractivity contribution in [3.8, 4) is 0 Å². The van der Waals surface area contributed by atoms with Crippen molar-refractivity contribution in [2.45, 2.75) is 45.4 Å². The maximum absolute atomic E-state index is 11.4. The number of hydrogen-bond acceptors (Lipinski definition) is 3. The Hall–Kier alpha value is -1.26. The Bertz CT molecular complexity index is 250. The van der Waals surface area contributed by atoms with Crippen molar-refractivity contribution in [1.29, 1.82) is 0 Å². The number of hydrogen-bond donors (Lipinski definition) is 1. The molecule has 0 aromatic rings. The lowest BCUT2D eigenvalue weighted by Crippen LogP contribution is -2.35. The summed E-state index contributed by atoms with van der Waals surface area (Å²) in [5, 5.41) is 2.59. The second-order valence-corrected chi connectivity index (χ2v) is 4.34. The molecule has 1 heterocycles. The van der Waals surface area contributed by atoms with Crippen LogP contribution in [0.2, 0.25) is 0 Å². The van der Waals surface area contributed by atoms with E-state index in [1.54, 1.807) is 4.90 Å². The van der Waals surface area contributed by atoms with Gasteiger partial charge in [-0.25, -0.2) is 9.59 Å². The zero-order chi connectivity index (χ0) is 12.5. The Balaban J connectivity index is 2.05. The van der Waals surface area contributed by atoms with Crippen LogP contribution in [0.5, 0.6) is 0 Å². The van der Waals surface area contributed by atoms with Gasteiger partial charge >= 0.3 is 12.2 Å². The van der Waals surface area contributed by atoms with E-state index in [2.05, 4.69) is 17.0 Å². The molecule has 1 rings (SSSR count). The average Bonchev–Trinajstić information content (AvgIpc) is 2.82. The predicted octanol–water partition coefficient (Wildman–Crippen LogP) is 2.51. The summed E-state index contributed by atoms with van der Waals surface area (Å²) in [5.74, 6) is 0. The van der Waals surface area contributed by atoms with Gasteiger partial charge in [0.15, 0.2) is 0 Å². The molecule has 0 aromatic heterocycles. The van der Waals surface area contributed by atoms with Gasteiger partial charge in [0.2, 0.25) is 0 Å². The van der Waals surface area contributed by atoms with Crippen LogP contribution in [0, 0.1) is 0 Å². The van der Waals surface area contributed by atoms with E-state index in [-0.39, 0.29) is 0 Å². The van der Waals surface area contributed by atoms with Gasteiger partial charge in [-0.2, -0.15) is 0 Å². The lowest BCUT2D eigenvalue weighted by Gasteiger charge is -2.14. The molecule has 0 bridgehead atoms. The van der Waals surface area contributed by atoms with Crippen LogP contribution in [0.15, 0.2) is 0 Å². The Morgan fingerprint density at radius 3 is 2.53 bits per heavy atom. The maximum atomic E-state index is 11.4. The molecule has 1 aliphatic rings. The summed E-state index contributed by atoms with van der Waals surface area (Å²) in [6.07, 6.45) is 5.20. The number of unbranched alkanes of at least 4 members (excludes halogenated alkanes) is 3. The SMILES string of the molecule is CCCCCCNC(=O)OC(=O)N1CCCC1. The molecule has 0 radical (unpaired) electrons. The van der Waals surface area contributed by atoms with E-state index in [0.29, 0.717) is 19.6 Å². The first kappa shape index (κ1) is 13.8. The van der Waals surface area contributed by atoms with E-state index >= 15 is 0 Å². The molecule has 98 valence electrons. The fourth-order valence-corrected chi connectivity index (χ4v) is 1.82. The van der Waals surface area contributed by atoms with Gasteiger partial charge in [-0.05, 0) is 19.3 Å². The van der Waals surface area contributed by atoms with E-state index in [1.165, 1.54) is 6.42 Å². The molecule has 0 spiro atoms. The summed E-state index contributed by atoms with van der Waals surface area (Å²) < 4.78 is 4.68. The standard InChI is InChI=1S/C12H22N2O3/c1-2-3-4-5-8-13-11(15)17-12(16)14-9-6-7-10-14/h2-10H2,1H3,(H,13,15). The van der Waals surface area contributed by atoms with Crippen LogP contribution in [-0.2, 0) is 4.74 Å². The third kappa shape index (κ3) is 5.56. The number of likely N-dealkylation sites (tertiary alicyclic amines) is 1. The predicted molar refractivity (Wildman–Crippen MR) is 64.8 cm³/mol. The molecule has 0 unspecified atom stereocenters. The highest BCUT2D eigenvalue weighted by Gasteiger charge is 2.21.